The molecule has 2 rings (SSSR count). The average molecular weight is 283 g/mol. The Bertz CT molecular complexity index is 471. The summed E-state index contributed by atoms with van der Waals surface area (Å²) in [6.45, 7) is 3.61. The van der Waals surface area contributed by atoms with Gasteiger partial charge in [-0.3, -0.25) is 10.1 Å². The monoisotopic (exact) mass is 282 g/mol. The molecular formula is C14H19ClN2O2. The quantitative estimate of drug-likeness (QED) is 0.658. The van der Waals surface area contributed by atoms with E-state index in [2.05, 4.69) is 12.2 Å². The molecule has 0 aromatic heterocycles. The van der Waals surface area contributed by atoms with Crippen molar-refractivity contribution in [3.63, 3.8) is 0 Å². The van der Waals surface area contributed by atoms with Crippen molar-refractivity contribution in [2.75, 3.05) is 6.54 Å². The molecule has 0 radical (unpaired) electrons. The fraction of sp³-hybridized carbons (Fsp3) is 0.571. The van der Waals surface area contributed by atoms with Crippen LogP contribution < -0.4 is 5.32 Å². The van der Waals surface area contributed by atoms with E-state index in [0.717, 1.165) is 6.54 Å². The standard InChI is InChI=1S/C14H19ClN2O2/c1-14(7-2-3-8-14)10-16-9-11-12(15)5-4-6-13(11)17(18)19/h4-6,16H,2-3,7-10H2,1H3. The summed E-state index contributed by atoms with van der Waals surface area (Å²) in [7, 11) is 0. The zero-order chi connectivity index (χ0) is 13.9. The second-order valence-corrected chi connectivity index (χ2v) is 6.02. The van der Waals surface area contributed by atoms with Crippen molar-refractivity contribution in [2.45, 2.75) is 39.2 Å². The summed E-state index contributed by atoms with van der Waals surface area (Å²) in [5.74, 6) is 0. The van der Waals surface area contributed by atoms with Crippen LogP contribution in [0.15, 0.2) is 18.2 Å². The van der Waals surface area contributed by atoms with Crippen LogP contribution in [0.5, 0.6) is 0 Å². The molecule has 1 N–H and O–H groups in total. The molecule has 0 atom stereocenters. The van der Waals surface area contributed by atoms with E-state index in [4.69, 9.17) is 11.6 Å². The molecule has 19 heavy (non-hydrogen) atoms. The van der Waals surface area contributed by atoms with Gasteiger partial charge in [-0.25, -0.2) is 0 Å². The SMILES string of the molecule is CC1(CNCc2c(Cl)cccc2[N+](=O)[O-])CCCC1. The Kier molecular flexibility index (Phi) is 4.42. The summed E-state index contributed by atoms with van der Waals surface area (Å²) in [4.78, 5) is 10.6. The Morgan fingerprint density at radius 1 is 1.42 bits per heavy atom. The van der Waals surface area contributed by atoms with Crippen LogP contribution in [0.1, 0.15) is 38.2 Å². The van der Waals surface area contributed by atoms with Gasteiger partial charge in [0, 0.05) is 19.2 Å². The molecule has 1 fully saturated rings. The molecule has 0 saturated heterocycles. The molecule has 1 aromatic carbocycles. The molecule has 0 bridgehead atoms. The van der Waals surface area contributed by atoms with E-state index in [1.165, 1.54) is 31.7 Å². The number of hydrogen-bond donors (Lipinski definition) is 1. The molecule has 1 aromatic rings. The summed E-state index contributed by atoms with van der Waals surface area (Å²) in [6, 6.07) is 4.81. The van der Waals surface area contributed by atoms with Crippen LogP contribution >= 0.6 is 11.6 Å². The number of rotatable bonds is 5. The van der Waals surface area contributed by atoms with Crippen LogP contribution in [0.2, 0.25) is 5.02 Å². The van der Waals surface area contributed by atoms with E-state index in [9.17, 15) is 10.1 Å². The fourth-order valence-corrected chi connectivity index (χ4v) is 3.02. The highest BCUT2D eigenvalue weighted by Gasteiger charge is 2.28. The number of nitro benzene ring substituents is 1. The third-order valence-corrected chi connectivity index (χ3v) is 4.31. The molecule has 1 aliphatic rings. The number of hydrogen-bond acceptors (Lipinski definition) is 3. The van der Waals surface area contributed by atoms with Crippen molar-refractivity contribution in [3.05, 3.63) is 38.9 Å². The first kappa shape index (κ1) is 14.3. The number of benzene rings is 1. The number of nitro groups is 1. The Morgan fingerprint density at radius 2 is 2.11 bits per heavy atom. The molecule has 0 aliphatic heterocycles. The highest BCUT2D eigenvalue weighted by Crippen LogP contribution is 2.37. The number of nitrogens with one attached hydrogen (secondary N) is 1. The van der Waals surface area contributed by atoms with E-state index < -0.39 is 0 Å². The summed E-state index contributed by atoms with van der Waals surface area (Å²) >= 11 is 6.06. The third-order valence-electron chi connectivity index (χ3n) is 3.96. The van der Waals surface area contributed by atoms with Gasteiger partial charge in [0.05, 0.1) is 15.5 Å². The first-order valence-electron chi connectivity index (χ1n) is 6.64. The maximum atomic E-state index is 11.0. The van der Waals surface area contributed by atoms with E-state index in [1.54, 1.807) is 12.1 Å². The molecule has 0 spiro atoms. The molecular weight excluding hydrogens is 264 g/mol. The number of halogens is 1. The van der Waals surface area contributed by atoms with Gasteiger partial charge in [0.2, 0.25) is 0 Å². The molecule has 4 nitrogen and oxygen atoms in total. The Morgan fingerprint density at radius 3 is 2.74 bits per heavy atom. The van der Waals surface area contributed by atoms with Crippen LogP contribution in [-0.2, 0) is 6.54 Å². The lowest BCUT2D eigenvalue weighted by atomic mass is 9.89. The Balaban J connectivity index is 2.01. The summed E-state index contributed by atoms with van der Waals surface area (Å²) in [5.41, 5.74) is 1.00. The second kappa shape index (κ2) is 5.88. The highest BCUT2D eigenvalue weighted by atomic mass is 35.5. The van der Waals surface area contributed by atoms with E-state index in [1.807, 2.05) is 0 Å². The van der Waals surface area contributed by atoms with Crippen molar-refractivity contribution >= 4 is 17.3 Å². The minimum absolute atomic E-state index is 0.0941. The van der Waals surface area contributed by atoms with Crippen LogP contribution in [0.3, 0.4) is 0 Å². The molecule has 0 unspecified atom stereocenters. The summed E-state index contributed by atoms with van der Waals surface area (Å²) in [6.07, 6.45) is 5.02. The lowest BCUT2D eigenvalue weighted by Gasteiger charge is -2.23. The molecule has 104 valence electrons. The third kappa shape index (κ3) is 3.45. The molecule has 0 heterocycles. The van der Waals surface area contributed by atoms with Gasteiger partial charge >= 0.3 is 0 Å². The normalized spacial score (nSPS) is 17.6. The molecule has 1 saturated carbocycles. The van der Waals surface area contributed by atoms with Gasteiger partial charge < -0.3 is 5.32 Å². The van der Waals surface area contributed by atoms with Gasteiger partial charge in [0.25, 0.3) is 5.69 Å². The van der Waals surface area contributed by atoms with Crippen LogP contribution in [-0.4, -0.2) is 11.5 Å². The average Bonchev–Trinajstić information content (AvgIpc) is 2.78. The van der Waals surface area contributed by atoms with Crippen molar-refractivity contribution < 1.29 is 4.92 Å². The predicted molar refractivity (Wildman–Crippen MR) is 76.4 cm³/mol. The molecule has 0 amide bonds. The maximum Gasteiger partial charge on any atom is 0.275 e. The second-order valence-electron chi connectivity index (χ2n) is 5.62. The lowest BCUT2D eigenvalue weighted by Crippen LogP contribution is -2.29. The zero-order valence-electron chi connectivity index (χ0n) is 11.1. The van der Waals surface area contributed by atoms with Gasteiger partial charge in [-0.2, -0.15) is 0 Å². The minimum Gasteiger partial charge on any atom is -0.312 e. The highest BCUT2D eigenvalue weighted by molar-refractivity contribution is 6.31. The smallest absolute Gasteiger partial charge is 0.275 e. The first-order valence-corrected chi connectivity index (χ1v) is 7.02. The van der Waals surface area contributed by atoms with Crippen molar-refractivity contribution in [1.82, 2.24) is 5.32 Å². The molecule has 1 aliphatic carbocycles. The van der Waals surface area contributed by atoms with Gasteiger partial charge in [-0.1, -0.05) is 37.4 Å². The van der Waals surface area contributed by atoms with Crippen molar-refractivity contribution in [3.8, 4) is 0 Å². The van der Waals surface area contributed by atoms with Gasteiger partial charge in [-0.15, -0.1) is 0 Å². The van der Waals surface area contributed by atoms with E-state index >= 15 is 0 Å². The van der Waals surface area contributed by atoms with Crippen LogP contribution in [0.4, 0.5) is 5.69 Å². The molecule has 5 heteroatoms. The first-order chi connectivity index (χ1) is 9.02. The summed E-state index contributed by atoms with van der Waals surface area (Å²) in [5, 5.41) is 14.8. The Labute approximate surface area is 118 Å². The van der Waals surface area contributed by atoms with Crippen LogP contribution in [0, 0.1) is 15.5 Å². The lowest BCUT2D eigenvalue weighted by molar-refractivity contribution is -0.385. The van der Waals surface area contributed by atoms with Crippen molar-refractivity contribution in [1.29, 1.82) is 0 Å². The van der Waals surface area contributed by atoms with Gasteiger partial charge in [0.1, 0.15) is 0 Å². The number of nitrogens with zero attached hydrogens (tertiary/aromatic N) is 1. The zero-order valence-corrected chi connectivity index (χ0v) is 11.9. The predicted octanol–water partition coefficient (Wildman–Crippen LogP) is 3.92. The fourth-order valence-electron chi connectivity index (χ4n) is 2.79. The largest absolute Gasteiger partial charge is 0.312 e. The maximum absolute atomic E-state index is 11.0. The van der Waals surface area contributed by atoms with Crippen molar-refractivity contribution in [2.24, 2.45) is 5.41 Å². The topological polar surface area (TPSA) is 55.2 Å². The van der Waals surface area contributed by atoms with E-state index in [-0.39, 0.29) is 10.6 Å². The van der Waals surface area contributed by atoms with Gasteiger partial charge in [-0.05, 0) is 24.3 Å². The Hall–Kier alpha value is -1.13. The summed E-state index contributed by atoms with van der Waals surface area (Å²) < 4.78 is 0. The van der Waals surface area contributed by atoms with E-state index in [0.29, 0.717) is 22.5 Å². The minimum atomic E-state index is -0.375. The van der Waals surface area contributed by atoms with Gasteiger partial charge in [0.15, 0.2) is 0 Å². The van der Waals surface area contributed by atoms with Crippen LogP contribution in [0.25, 0.3) is 0 Å².